The highest BCUT2D eigenvalue weighted by Gasteiger charge is 2.14. The normalized spacial score (nSPS) is 10.2. The van der Waals surface area contributed by atoms with Gasteiger partial charge in [-0.1, -0.05) is 41.4 Å². The third-order valence-corrected chi connectivity index (χ3v) is 4.77. The van der Waals surface area contributed by atoms with E-state index >= 15 is 0 Å². The molecule has 1 heterocycles. The molecule has 1 amide bonds. The van der Waals surface area contributed by atoms with Gasteiger partial charge in [0.1, 0.15) is 10.9 Å². The second-order valence-electron chi connectivity index (χ2n) is 4.82. The minimum absolute atomic E-state index is 0.318. The van der Waals surface area contributed by atoms with E-state index < -0.39 is 0 Å². The molecule has 7 heteroatoms. The van der Waals surface area contributed by atoms with E-state index in [0.29, 0.717) is 31.9 Å². The molecule has 118 valence electrons. The molecule has 0 atom stereocenters. The summed E-state index contributed by atoms with van der Waals surface area (Å²) in [5.74, 6) is -0.318. The van der Waals surface area contributed by atoms with E-state index in [-0.39, 0.29) is 5.91 Å². The molecule has 1 aromatic heterocycles. The summed E-state index contributed by atoms with van der Waals surface area (Å²) in [6, 6.07) is 15.7. The Morgan fingerprint density at radius 1 is 1.12 bits per heavy atom. The first kappa shape index (κ1) is 16.5. The van der Waals surface area contributed by atoms with Gasteiger partial charge in [0.05, 0.1) is 27.0 Å². The predicted octanol–water partition coefficient (Wildman–Crippen LogP) is 5.24. The van der Waals surface area contributed by atoms with E-state index in [1.165, 1.54) is 0 Å². The smallest absolute Gasteiger partial charge is 0.267 e. The Morgan fingerprint density at radius 3 is 2.67 bits per heavy atom. The summed E-state index contributed by atoms with van der Waals surface area (Å²) in [5.41, 5.74) is 2.28. The summed E-state index contributed by atoms with van der Waals surface area (Å²) >= 11 is 13.0. The first-order valence-electron chi connectivity index (χ1n) is 6.81. The fraction of sp³-hybridized carbons (Fsp3) is 0. The van der Waals surface area contributed by atoms with Gasteiger partial charge in [-0.25, -0.2) is 0 Å². The fourth-order valence-electron chi connectivity index (χ4n) is 2.05. The Balaban J connectivity index is 1.84. The topological polar surface area (TPSA) is 65.8 Å². The van der Waals surface area contributed by atoms with Crippen molar-refractivity contribution in [3.8, 4) is 17.3 Å². The van der Waals surface area contributed by atoms with Crippen LogP contribution in [0.1, 0.15) is 15.2 Å². The molecule has 24 heavy (non-hydrogen) atoms. The van der Waals surface area contributed by atoms with Crippen LogP contribution in [0.2, 0.25) is 10.0 Å². The molecule has 0 saturated carbocycles. The Labute approximate surface area is 152 Å². The number of benzene rings is 2. The molecule has 2 aromatic carbocycles. The number of anilines is 1. The van der Waals surface area contributed by atoms with E-state index in [1.807, 2.05) is 6.07 Å². The second kappa shape index (κ2) is 7.02. The van der Waals surface area contributed by atoms with Crippen molar-refractivity contribution in [2.45, 2.75) is 0 Å². The third-order valence-electron chi connectivity index (χ3n) is 3.25. The van der Waals surface area contributed by atoms with Crippen molar-refractivity contribution < 1.29 is 4.79 Å². The maximum Gasteiger partial charge on any atom is 0.267 e. The average Bonchev–Trinajstić information content (AvgIpc) is 3.08. The molecular formula is C17H9Cl2N3OS. The number of carbonyl (C=O) groups is 1. The van der Waals surface area contributed by atoms with Crippen LogP contribution in [0.15, 0.2) is 48.5 Å². The highest BCUT2D eigenvalue weighted by molar-refractivity contribution is 7.08. The van der Waals surface area contributed by atoms with Gasteiger partial charge in [-0.05, 0) is 41.9 Å². The number of aromatic nitrogens is 1. The summed E-state index contributed by atoms with van der Waals surface area (Å²) in [7, 11) is 0. The molecule has 0 fully saturated rings. The Bertz CT molecular complexity index is 962. The largest absolute Gasteiger partial charge is 0.320 e. The zero-order chi connectivity index (χ0) is 17.1. The maximum absolute atomic E-state index is 12.4. The van der Waals surface area contributed by atoms with Crippen LogP contribution < -0.4 is 5.32 Å². The quantitative estimate of drug-likeness (QED) is 0.682. The highest BCUT2D eigenvalue weighted by Crippen LogP contribution is 2.29. The van der Waals surface area contributed by atoms with Crippen LogP contribution in [-0.4, -0.2) is 10.3 Å². The van der Waals surface area contributed by atoms with E-state index in [0.717, 1.165) is 17.1 Å². The summed E-state index contributed by atoms with van der Waals surface area (Å²) in [5, 5.41) is 12.7. The number of carbonyl (C=O) groups excluding carboxylic acids is 1. The first-order valence-corrected chi connectivity index (χ1v) is 8.34. The standard InChI is InChI=1S/C17H9Cl2N3OS/c18-12-6-5-10(7-13(12)19)15-8-16(24-22-15)17(23)21-14-4-2-1-3-11(14)9-20/h1-8H,(H,21,23). The number of hydrogen-bond acceptors (Lipinski definition) is 4. The van der Waals surface area contributed by atoms with E-state index in [9.17, 15) is 4.79 Å². The van der Waals surface area contributed by atoms with Crippen LogP contribution in [0.25, 0.3) is 11.3 Å². The minimum Gasteiger partial charge on any atom is -0.320 e. The lowest BCUT2D eigenvalue weighted by atomic mass is 10.1. The molecule has 0 spiro atoms. The number of para-hydroxylation sites is 1. The number of nitrogens with one attached hydrogen (secondary N) is 1. The number of amides is 1. The number of nitriles is 1. The lowest BCUT2D eigenvalue weighted by Gasteiger charge is -2.04. The summed E-state index contributed by atoms with van der Waals surface area (Å²) in [6.07, 6.45) is 0. The van der Waals surface area contributed by atoms with Crippen LogP contribution >= 0.6 is 34.7 Å². The number of hydrogen-bond donors (Lipinski definition) is 1. The van der Waals surface area contributed by atoms with Gasteiger partial charge in [-0.3, -0.25) is 4.79 Å². The molecule has 0 radical (unpaired) electrons. The zero-order valence-electron chi connectivity index (χ0n) is 12.1. The average molecular weight is 374 g/mol. The van der Waals surface area contributed by atoms with Crippen molar-refractivity contribution in [1.29, 1.82) is 5.26 Å². The van der Waals surface area contributed by atoms with Crippen LogP contribution in [0.5, 0.6) is 0 Å². The van der Waals surface area contributed by atoms with Gasteiger partial charge >= 0.3 is 0 Å². The van der Waals surface area contributed by atoms with Crippen LogP contribution in [0, 0.1) is 11.3 Å². The summed E-state index contributed by atoms with van der Waals surface area (Å²) in [4.78, 5) is 12.8. The van der Waals surface area contributed by atoms with Crippen molar-refractivity contribution in [2.75, 3.05) is 5.32 Å². The second-order valence-corrected chi connectivity index (χ2v) is 6.44. The lowest BCUT2D eigenvalue weighted by molar-refractivity contribution is 0.103. The molecule has 0 saturated heterocycles. The van der Waals surface area contributed by atoms with Crippen molar-refractivity contribution in [1.82, 2.24) is 4.37 Å². The molecular weight excluding hydrogens is 365 g/mol. The van der Waals surface area contributed by atoms with Crippen molar-refractivity contribution >= 4 is 46.3 Å². The van der Waals surface area contributed by atoms with Crippen molar-refractivity contribution in [2.24, 2.45) is 0 Å². The van der Waals surface area contributed by atoms with Gasteiger partial charge < -0.3 is 5.32 Å². The van der Waals surface area contributed by atoms with Gasteiger partial charge in [0.2, 0.25) is 0 Å². The monoisotopic (exact) mass is 373 g/mol. The van der Waals surface area contributed by atoms with Gasteiger partial charge in [0, 0.05) is 5.56 Å². The first-order chi connectivity index (χ1) is 11.6. The van der Waals surface area contributed by atoms with Crippen molar-refractivity contribution in [3.63, 3.8) is 0 Å². The summed E-state index contributed by atoms with van der Waals surface area (Å²) < 4.78 is 4.28. The van der Waals surface area contributed by atoms with Gasteiger partial charge in [-0.2, -0.15) is 9.64 Å². The third kappa shape index (κ3) is 3.41. The van der Waals surface area contributed by atoms with E-state index in [2.05, 4.69) is 9.69 Å². The van der Waals surface area contributed by atoms with E-state index in [1.54, 1.807) is 48.5 Å². The molecule has 3 aromatic rings. The predicted molar refractivity (Wildman–Crippen MR) is 96.7 cm³/mol. The maximum atomic E-state index is 12.4. The highest BCUT2D eigenvalue weighted by atomic mass is 35.5. The number of rotatable bonds is 3. The van der Waals surface area contributed by atoms with Crippen molar-refractivity contribution in [3.05, 3.63) is 69.0 Å². The lowest BCUT2D eigenvalue weighted by Crippen LogP contribution is -2.11. The van der Waals surface area contributed by atoms with Gasteiger partial charge in [0.25, 0.3) is 5.91 Å². The molecule has 0 unspecified atom stereocenters. The number of nitrogens with zero attached hydrogens (tertiary/aromatic N) is 2. The zero-order valence-corrected chi connectivity index (χ0v) is 14.4. The fourth-order valence-corrected chi connectivity index (χ4v) is 3.00. The molecule has 4 nitrogen and oxygen atoms in total. The number of halogens is 2. The van der Waals surface area contributed by atoms with Crippen LogP contribution in [-0.2, 0) is 0 Å². The SMILES string of the molecule is N#Cc1ccccc1NC(=O)c1cc(-c2ccc(Cl)c(Cl)c2)ns1. The minimum atomic E-state index is -0.318. The molecule has 0 aliphatic heterocycles. The van der Waals surface area contributed by atoms with Gasteiger partial charge in [0.15, 0.2) is 0 Å². The molecule has 0 aliphatic rings. The molecule has 0 bridgehead atoms. The molecule has 0 aliphatic carbocycles. The summed E-state index contributed by atoms with van der Waals surface area (Å²) in [6.45, 7) is 0. The molecule has 3 rings (SSSR count). The van der Waals surface area contributed by atoms with E-state index in [4.69, 9.17) is 28.5 Å². The van der Waals surface area contributed by atoms with Gasteiger partial charge in [-0.15, -0.1) is 0 Å². The Hall–Kier alpha value is -2.39. The van der Waals surface area contributed by atoms with Crippen LogP contribution in [0.3, 0.4) is 0 Å². The molecule has 1 N–H and O–H groups in total. The van der Waals surface area contributed by atoms with Crippen LogP contribution in [0.4, 0.5) is 5.69 Å². The Morgan fingerprint density at radius 2 is 1.92 bits per heavy atom. The Kier molecular flexibility index (Phi) is 4.81.